The molecule has 5 nitrogen and oxygen atoms in total. The van der Waals surface area contributed by atoms with Crippen LogP contribution in [-0.2, 0) is 4.18 Å². The molecule has 0 spiro atoms. The van der Waals surface area contributed by atoms with Crippen LogP contribution in [-0.4, -0.2) is 29.1 Å². The lowest BCUT2D eigenvalue weighted by Crippen LogP contribution is -2.20. The van der Waals surface area contributed by atoms with Crippen molar-refractivity contribution in [3.63, 3.8) is 0 Å². The number of ether oxygens (including phenoxy) is 1. The molecular formula is C15H15BrF2N2O3S. The molecule has 0 saturated heterocycles. The van der Waals surface area contributed by atoms with E-state index in [1.807, 2.05) is 6.92 Å². The topological polar surface area (TPSA) is 53.5 Å². The van der Waals surface area contributed by atoms with Gasteiger partial charge >= 0.3 is 0 Å². The van der Waals surface area contributed by atoms with E-state index in [1.54, 1.807) is 24.4 Å². The lowest BCUT2D eigenvalue weighted by molar-refractivity contribution is -0.0230. The second-order valence-electron chi connectivity index (χ2n) is 4.80. The molecule has 0 aliphatic carbocycles. The van der Waals surface area contributed by atoms with Crippen molar-refractivity contribution >= 4 is 28.3 Å². The van der Waals surface area contributed by atoms with Crippen LogP contribution < -0.4 is 8.92 Å². The molecule has 0 saturated carbocycles. The van der Waals surface area contributed by atoms with E-state index in [9.17, 15) is 8.78 Å². The second-order valence-corrected chi connectivity index (χ2v) is 6.25. The Kier molecular flexibility index (Phi) is 6.76. The van der Waals surface area contributed by atoms with Gasteiger partial charge in [-0.3, -0.25) is 9.17 Å². The van der Waals surface area contributed by atoms with E-state index in [-0.39, 0.29) is 5.75 Å². The third kappa shape index (κ3) is 5.88. The highest BCUT2D eigenvalue weighted by Gasteiger charge is 2.22. The minimum atomic E-state index is -2.90. The maximum Gasteiger partial charge on any atom is 0.278 e. The number of aromatic nitrogens is 2. The summed E-state index contributed by atoms with van der Waals surface area (Å²) in [4.78, 5) is 8.47. The maximum atomic E-state index is 12.8. The maximum absolute atomic E-state index is 12.8. The zero-order valence-corrected chi connectivity index (χ0v) is 15.4. The van der Waals surface area contributed by atoms with Crippen LogP contribution in [0.1, 0.15) is 13.8 Å². The highest BCUT2D eigenvalue weighted by molar-refractivity contribution is 9.10. The van der Waals surface area contributed by atoms with Crippen molar-refractivity contribution in [3.05, 3.63) is 35.1 Å². The molecule has 0 aliphatic rings. The summed E-state index contributed by atoms with van der Waals surface area (Å²) in [5.74, 6) is -2.18. The highest BCUT2D eigenvalue weighted by Crippen LogP contribution is 2.32. The van der Waals surface area contributed by atoms with Crippen LogP contribution in [0.2, 0.25) is 0 Å². The van der Waals surface area contributed by atoms with Crippen LogP contribution in [0.25, 0.3) is 11.4 Å². The Labute approximate surface area is 151 Å². The molecule has 2 rings (SSSR count). The van der Waals surface area contributed by atoms with Crippen molar-refractivity contribution in [2.75, 3.05) is 13.2 Å². The Morgan fingerprint density at radius 3 is 2.67 bits per heavy atom. The number of halogens is 3. The molecule has 2 aromatic heterocycles. The van der Waals surface area contributed by atoms with Crippen LogP contribution >= 0.6 is 28.3 Å². The summed E-state index contributed by atoms with van der Waals surface area (Å²) in [5.41, 5.74) is 1.02. The third-order valence-electron chi connectivity index (χ3n) is 2.58. The first-order valence-electron chi connectivity index (χ1n) is 6.98. The van der Waals surface area contributed by atoms with Crippen LogP contribution in [0.5, 0.6) is 11.5 Å². The van der Waals surface area contributed by atoms with E-state index in [4.69, 9.17) is 13.1 Å². The van der Waals surface area contributed by atoms with Gasteiger partial charge in [0.15, 0.2) is 12.4 Å². The summed E-state index contributed by atoms with van der Waals surface area (Å²) in [7, 11) is 0. The molecule has 0 aliphatic heterocycles. The van der Waals surface area contributed by atoms with Crippen LogP contribution in [0.3, 0.4) is 0 Å². The van der Waals surface area contributed by atoms with Crippen molar-refractivity contribution < 1.29 is 21.9 Å². The number of pyridine rings is 2. The summed E-state index contributed by atoms with van der Waals surface area (Å²) in [6.45, 7) is 2.43. The quantitative estimate of drug-likeness (QED) is 0.446. The zero-order valence-electron chi connectivity index (χ0n) is 13.0. The van der Waals surface area contributed by atoms with Crippen LogP contribution in [0, 0.1) is 0 Å². The van der Waals surface area contributed by atoms with E-state index < -0.39 is 12.5 Å². The van der Waals surface area contributed by atoms with Gasteiger partial charge < -0.3 is 8.92 Å². The molecule has 0 aromatic carbocycles. The average molecular weight is 421 g/mol. The molecule has 0 N–H and O–H groups in total. The SMILES string of the molecule is CCOSOc1cc(Br)cnc1-c1ccc(OCC(C)(F)F)cn1. The summed E-state index contributed by atoms with van der Waals surface area (Å²) in [6.07, 6.45) is 2.97. The Balaban J connectivity index is 2.15. The van der Waals surface area contributed by atoms with Gasteiger partial charge in [0, 0.05) is 17.6 Å². The smallest absolute Gasteiger partial charge is 0.278 e. The minimum Gasteiger partial charge on any atom is -0.486 e. The van der Waals surface area contributed by atoms with Crippen molar-refractivity contribution in [1.29, 1.82) is 0 Å². The molecule has 0 amide bonds. The summed E-state index contributed by atoms with van der Waals surface area (Å²) >= 11 is 4.17. The molecule has 0 radical (unpaired) electrons. The molecule has 0 bridgehead atoms. The summed E-state index contributed by atoms with van der Waals surface area (Å²) in [5, 5.41) is 0. The molecule has 0 fully saturated rings. The molecule has 0 unspecified atom stereocenters. The number of hydrogen-bond donors (Lipinski definition) is 0. The van der Waals surface area contributed by atoms with E-state index in [0.717, 1.165) is 23.7 Å². The van der Waals surface area contributed by atoms with Crippen molar-refractivity contribution in [2.24, 2.45) is 0 Å². The third-order valence-corrected chi connectivity index (χ3v) is 3.59. The largest absolute Gasteiger partial charge is 0.486 e. The summed E-state index contributed by atoms with van der Waals surface area (Å²) < 4.78 is 41.9. The molecule has 0 atom stereocenters. The lowest BCUT2D eigenvalue weighted by atomic mass is 10.2. The molecule has 2 heterocycles. The number of hydrogen-bond acceptors (Lipinski definition) is 6. The Bertz CT molecular complexity index is 669. The van der Waals surface area contributed by atoms with Gasteiger partial charge in [0.05, 0.1) is 18.5 Å². The molecule has 2 aromatic rings. The number of rotatable bonds is 8. The van der Waals surface area contributed by atoms with Gasteiger partial charge in [-0.15, -0.1) is 0 Å². The standard InChI is InChI=1S/C15H15BrF2N2O3S/c1-3-22-24-23-13-6-10(16)7-20-14(13)12-5-4-11(8-19-12)21-9-15(2,17)18/h4-8H,3,9H2,1-2H3. The lowest BCUT2D eigenvalue weighted by Gasteiger charge is -2.12. The highest BCUT2D eigenvalue weighted by atomic mass is 79.9. The number of nitrogens with zero attached hydrogens (tertiary/aromatic N) is 2. The fourth-order valence-electron chi connectivity index (χ4n) is 1.60. The molecular weight excluding hydrogens is 406 g/mol. The van der Waals surface area contributed by atoms with E-state index >= 15 is 0 Å². The van der Waals surface area contributed by atoms with E-state index in [1.165, 1.54) is 6.20 Å². The fourth-order valence-corrected chi connectivity index (χ4v) is 2.26. The first-order valence-corrected chi connectivity index (χ1v) is 8.44. The second kappa shape index (κ2) is 8.59. The van der Waals surface area contributed by atoms with E-state index in [0.29, 0.717) is 23.7 Å². The van der Waals surface area contributed by atoms with Crippen LogP contribution in [0.4, 0.5) is 8.78 Å². The first-order chi connectivity index (χ1) is 11.4. The average Bonchev–Trinajstić information content (AvgIpc) is 2.53. The van der Waals surface area contributed by atoms with Gasteiger partial charge in [0.25, 0.3) is 5.92 Å². The minimum absolute atomic E-state index is 0.253. The van der Waals surface area contributed by atoms with Gasteiger partial charge in [0.2, 0.25) is 12.3 Å². The van der Waals surface area contributed by atoms with Gasteiger partial charge in [-0.1, -0.05) is 0 Å². The first kappa shape index (κ1) is 18.9. The summed E-state index contributed by atoms with van der Waals surface area (Å²) in [6, 6.07) is 4.91. The van der Waals surface area contributed by atoms with Crippen LogP contribution in [0.15, 0.2) is 35.1 Å². The number of alkyl halides is 2. The van der Waals surface area contributed by atoms with Crippen molar-refractivity contribution in [3.8, 4) is 22.9 Å². The van der Waals surface area contributed by atoms with Gasteiger partial charge in [-0.2, -0.15) is 0 Å². The normalized spacial score (nSPS) is 11.4. The van der Waals surface area contributed by atoms with Crippen molar-refractivity contribution in [2.45, 2.75) is 19.8 Å². The van der Waals surface area contributed by atoms with Gasteiger partial charge in [-0.05, 0) is 41.1 Å². The van der Waals surface area contributed by atoms with Gasteiger partial charge in [0.1, 0.15) is 11.4 Å². The molecule has 130 valence electrons. The Hall–Kier alpha value is -1.45. The molecule has 24 heavy (non-hydrogen) atoms. The fraction of sp³-hybridized carbons (Fsp3) is 0.333. The predicted molar refractivity (Wildman–Crippen MR) is 91.1 cm³/mol. The predicted octanol–water partition coefficient (Wildman–Crippen LogP) is 4.92. The molecule has 9 heteroatoms. The van der Waals surface area contributed by atoms with E-state index in [2.05, 4.69) is 25.9 Å². The Morgan fingerprint density at radius 2 is 2.04 bits per heavy atom. The Morgan fingerprint density at radius 1 is 1.25 bits per heavy atom. The van der Waals surface area contributed by atoms with Gasteiger partial charge in [-0.25, -0.2) is 13.8 Å². The monoisotopic (exact) mass is 420 g/mol. The zero-order chi connectivity index (χ0) is 17.6. The van der Waals surface area contributed by atoms with Crippen molar-refractivity contribution in [1.82, 2.24) is 9.97 Å².